The van der Waals surface area contributed by atoms with Crippen molar-refractivity contribution in [3.05, 3.63) is 22.8 Å². The van der Waals surface area contributed by atoms with Crippen LogP contribution in [0.4, 0.5) is 0 Å². The molecule has 32 heavy (non-hydrogen) atoms. The SMILES string of the molecule is CC(C)CCC[C@@H](C)[C@H]1CC=C2C3=C(CC[C@@]21C)[C@@]1(C)CCC(O)C(CC(C)C)C1CC3. The minimum absolute atomic E-state index is 0.0757. The number of rotatable bonds is 7. The van der Waals surface area contributed by atoms with Crippen LogP contribution in [0.25, 0.3) is 0 Å². The average molecular weight is 441 g/mol. The van der Waals surface area contributed by atoms with Gasteiger partial charge in [0.1, 0.15) is 0 Å². The maximum Gasteiger partial charge on any atom is 0.0571 e. The lowest BCUT2D eigenvalue weighted by Gasteiger charge is -2.56. The van der Waals surface area contributed by atoms with E-state index in [9.17, 15) is 5.11 Å². The molecule has 0 aromatic carbocycles. The second-order valence-electron chi connectivity index (χ2n) is 13.6. The van der Waals surface area contributed by atoms with Crippen molar-refractivity contribution in [3.8, 4) is 0 Å². The Bertz CT molecular complexity index is 742. The van der Waals surface area contributed by atoms with Crippen LogP contribution in [0.3, 0.4) is 0 Å². The third-order valence-electron chi connectivity index (χ3n) is 10.6. The van der Waals surface area contributed by atoms with Crippen molar-refractivity contribution in [1.29, 1.82) is 0 Å². The van der Waals surface area contributed by atoms with E-state index in [1.54, 1.807) is 11.1 Å². The molecule has 4 rings (SSSR count). The summed E-state index contributed by atoms with van der Waals surface area (Å²) in [5.41, 5.74) is 6.12. The van der Waals surface area contributed by atoms with Crippen molar-refractivity contribution in [2.45, 2.75) is 125 Å². The lowest BCUT2D eigenvalue weighted by atomic mass is 9.49. The molecule has 3 unspecified atom stereocenters. The fourth-order valence-electron chi connectivity index (χ4n) is 8.91. The number of aliphatic hydroxyl groups excluding tert-OH is 1. The van der Waals surface area contributed by atoms with Crippen LogP contribution in [0.15, 0.2) is 22.8 Å². The highest BCUT2D eigenvalue weighted by Gasteiger charge is 2.55. The van der Waals surface area contributed by atoms with E-state index in [0.29, 0.717) is 28.6 Å². The number of hydrogen-bond donors (Lipinski definition) is 1. The quantitative estimate of drug-likeness (QED) is 0.419. The fraction of sp³-hybridized carbons (Fsp3) is 0.871. The van der Waals surface area contributed by atoms with Crippen LogP contribution in [0.5, 0.6) is 0 Å². The Morgan fingerprint density at radius 2 is 1.69 bits per heavy atom. The summed E-state index contributed by atoms with van der Waals surface area (Å²) in [6.07, 6.45) is 16.7. The van der Waals surface area contributed by atoms with Crippen molar-refractivity contribution in [2.24, 2.45) is 46.3 Å². The number of aliphatic hydroxyl groups is 1. The van der Waals surface area contributed by atoms with Crippen LogP contribution in [-0.4, -0.2) is 11.2 Å². The molecule has 1 heteroatoms. The molecular formula is C31H52O. The molecule has 0 radical (unpaired) electrons. The Morgan fingerprint density at radius 1 is 0.938 bits per heavy atom. The van der Waals surface area contributed by atoms with Crippen molar-refractivity contribution in [3.63, 3.8) is 0 Å². The molecule has 7 atom stereocenters. The Labute approximate surface area is 199 Å². The highest BCUT2D eigenvalue weighted by Crippen LogP contribution is 2.65. The average Bonchev–Trinajstić information content (AvgIpc) is 3.07. The minimum Gasteiger partial charge on any atom is -0.393 e. The van der Waals surface area contributed by atoms with Gasteiger partial charge in [-0.1, -0.05) is 79.4 Å². The van der Waals surface area contributed by atoms with Crippen LogP contribution in [0, 0.1) is 46.3 Å². The van der Waals surface area contributed by atoms with Crippen molar-refractivity contribution < 1.29 is 5.11 Å². The van der Waals surface area contributed by atoms with Crippen LogP contribution >= 0.6 is 0 Å². The van der Waals surface area contributed by atoms with E-state index < -0.39 is 0 Å². The van der Waals surface area contributed by atoms with Crippen LogP contribution < -0.4 is 0 Å². The molecule has 1 fully saturated rings. The fourth-order valence-corrected chi connectivity index (χ4v) is 8.91. The number of hydrogen-bond acceptors (Lipinski definition) is 1. The van der Waals surface area contributed by atoms with Gasteiger partial charge in [-0.25, -0.2) is 0 Å². The first-order valence-electron chi connectivity index (χ1n) is 14.2. The molecule has 0 aromatic heterocycles. The van der Waals surface area contributed by atoms with E-state index in [1.807, 2.05) is 5.57 Å². The van der Waals surface area contributed by atoms with Gasteiger partial charge in [-0.2, -0.15) is 0 Å². The standard InChI is InChI=1S/C31H52O/c1-20(2)9-8-10-22(5)25-13-14-26-23-11-12-27-24(19-21(3)4)29(32)16-18-31(27,7)28(23)15-17-30(25,26)6/h14,20-22,24-25,27,29,32H,8-13,15-19H2,1-7H3/t22-,24?,25-,27?,29?,30-,31+/m1/s1. The lowest BCUT2D eigenvalue weighted by Crippen LogP contribution is -2.49. The van der Waals surface area contributed by atoms with Crippen LogP contribution in [-0.2, 0) is 0 Å². The first-order valence-corrected chi connectivity index (χ1v) is 14.2. The molecule has 1 saturated carbocycles. The van der Waals surface area contributed by atoms with Crippen molar-refractivity contribution in [2.75, 3.05) is 0 Å². The highest BCUT2D eigenvalue weighted by atomic mass is 16.3. The van der Waals surface area contributed by atoms with E-state index in [-0.39, 0.29) is 6.10 Å². The predicted molar refractivity (Wildman–Crippen MR) is 137 cm³/mol. The van der Waals surface area contributed by atoms with E-state index in [0.717, 1.165) is 24.2 Å². The monoisotopic (exact) mass is 440 g/mol. The van der Waals surface area contributed by atoms with E-state index in [1.165, 1.54) is 64.2 Å². The van der Waals surface area contributed by atoms with Crippen molar-refractivity contribution in [1.82, 2.24) is 0 Å². The summed E-state index contributed by atoms with van der Waals surface area (Å²) < 4.78 is 0. The summed E-state index contributed by atoms with van der Waals surface area (Å²) in [6, 6.07) is 0. The highest BCUT2D eigenvalue weighted by molar-refractivity contribution is 5.49. The largest absolute Gasteiger partial charge is 0.393 e. The summed E-state index contributed by atoms with van der Waals surface area (Å²) in [5.74, 6) is 4.37. The molecule has 0 spiro atoms. The normalized spacial score (nSPS) is 40.2. The minimum atomic E-state index is -0.0757. The summed E-state index contributed by atoms with van der Waals surface area (Å²) in [4.78, 5) is 0. The Balaban J connectivity index is 1.56. The van der Waals surface area contributed by atoms with Crippen LogP contribution in [0.1, 0.15) is 119 Å². The Morgan fingerprint density at radius 3 is 2.38 bits per heavy atom. The van der Waals surface area contributed by atoms with Gasteiger partial charge >= 0.3 is 0 Å². The first-order chi connectivity index (χ1) is 15.1. The van der Waals surface area contributed by atoms with Crippen molar-refractivity contribution >= 4 is 0 Å². The maximum absolute atomic E-state index is 10.9. The van der Waals surface area contributed by atoms with Gasteiger partial charge in [-0.15, -0.1) is 0 Å². The van der Waals surface area contributed by atoms with E-state index in [2.05, 4.69) is 54.5 Å². The number of allylic oxidation sites excluding steroid dienone is 4. The molecule has 0 saturated heterocycles. The molecule has 0 aromatic rings. The maximum atomic E-state index is 10.9. The number of fused-ring (bicyclic) bond motifs is 4. The summed E-state index contributed by atoms with van der Waals surface area (Å²) in [7, 11) is 0. The van der Waals surface area contributed by atoms with Gasteiger partial charge in [0.05, 0.1) is 6.10 Å². The molecule has 0 bridgehead atoms. The molecule has 4 aliphatic rings. The molecule has 0 amide bonds. The third kappa shape index (κ3) is 4.18. The molecule has 0 aliphatic heterocycles. The van der Waals surface area contributed by atoms with E-state index in [4.69, 9.17) is 0 Å². The van der Waals surface area contributed by atoms with Gasteiger partial charge in [0.2, 0.25) is 0 Å². The third-order valence-corrected chi connectivity index (χ3v) is 10.6. The molecule has 4 aliphatic carbocycles. The van der Waals surface area contributed by atoms with Gasteiger partial charge < -0.3 is 5.11 Å². The smallest absolute Gasteiger partial charge is 0.0571 e. The van der Waals surface area contributed by atoms with E-state index >= 15 is 0 Å². The predicted octanol–water partition coefficient (Wildman–Crippen LogP) is 8.73. The first kappa shape index (κ1) is 24.6. The van der Waals surface area contributed by atoms with Gasteiger partial charge in [-0.3, -0.25) is 0 Å². The topological polar surface area (TPSA) is 20.2 Å². The zero-order chi connectivity index (χ0) is 23.3. The van der Waals surface area contributed by atoms with Crippen LogP contribution in [0.2, 0.25) is 0 Å². The summed E-state index contributed by atoms with van der Waals surface area (Å²) in [5, 5.41) is 10.9. The van der Waals surface area contributed by atoms with Gasteiger partial charge in [-0.05, 0) is 109 Å². The summed E-state index contributed by atoms with van der Waals surface area (Å²) in [6.45, 7) is 17.2. The molecule has 1 N–H and O–H groups in total. The van der Waals surface area contributed by atoms with Gasteiger partial charge in [0, 0.05) is 0 Å². The second kappa shape index (κ2) is 9.24. The zero-order valence-electron chi connectivity index (χ0n) is 22.3. The Hall–Kier alpha value is -0.560. The second-order valence-corrected chi connectivity index (χ2v) is 13.6. The lowest BCUT2D eigenvalue weighted by molar-refractivity contribution is -0.0453. The molecular weight excluding hydrogens is 388 g/mol. The molecule has 182 valence electrons. The molecule has 0 heterocycles. The molecule has 1 nitrogen and oxygen atoms in total. The van der Waals surface area contributed by atoms with Gasteiger partial charge in [0.15, 0.2) is 0 Å². The Kier molecular flexibility index (Phi) is 7.09. The zero-order valence-corrected chi connectivity index (χ0v) is 22.3. The summed E-state index contributed by atoms with van der Waals surface area (Å²) >= 11 is 0. The van der Waals surface area contributed by atoms with Gasteiger partial charge in [0.25, 0.3) is 0 Å².